The molecule has 2 atom stereocenters. The number of benzene rings is 1. The van der Waals surface area contributed by atoms with Crippen LogP contribution < -0.4 is 0 Å². The number of sulfonamides is 1. The van der Waals surface area contributed by atoms with Crippen molar-refractivity contribution in [2.75, 3.05) is 45.8 Å². The molecule has 2 aliphatic rings. The van der Waals surface area contributed by atoms with Crippen molar-refractivity contribution in [2.45, 2.75) is 31.0 Å². The fourth-order valence-electron chi connectivity index (χ4n) is 3.69. The van der Waals surface area contributed by atoms with Gasteiger partial charge in [0.05, 0.1) is 23.6 Å². The van der Waals surface area contributed by atoms with Crippen molar-refractivity contribution in [1.29, 1.82) is 0 Å². The van der Waals surface area contributed by atoms with Gasteiger partial charge in [0, 0.05) is 44.8 Å². The fourth-order valence-corrected chi connectivity index (χ4v) is 5.32. The predicted molar refractivity (Wildman–Crippen MR) is 106 cm³/mol. The average molecular weight is 406 g/mol. The average Bonchev–Trinajstić information content (AvgIpc) is 2.67. The van der Waals surface area contributed by atoms with Gasteiger partial charge in [-0.15, -0.1) is 6.42 Å². The molecule has 0 spiro atoms. The van der Waals surface area contributed by atoms with E-state index >= 15 is 0 Å². The van der Waals surface area contributed by atoms with Gasteiger partial charge in [0.25, 0.3) is 5.91 Å². The minimum atomic E-state index is -3.68. The molecule has 2 fully saturated rings. The van der Waals surface area contributed by atoms with E-state index in [1.807, 2.05) is 13.8 Å². The van der Waals surface area contributed by atoms with E-state index in [0.29, 0.717) is 38.3 Å². The van der Waals surface area contributed by atoms with Crippen LogP contribution in [0.15, 0.2) is 29.2 Å². The number of hydrogen-bond donors (Lipinski definition) is 0. The number of carbonyl (C=O) groups is 1. The number of piperazine rings is 1. The molecule has 152 valence electrons. The standard InChI is InChI=1S/C20H27N3O4S/c1-4-8-21-9-11-22(12-10-21)20(24)18-6-5-7-19(13-18)28(25,26)23-14-16(2)27-17(3)15-23/h1,5-7,13,16-17H,8-12,14-15H2,2-3H3/t16-,17+. The SMILES string of the molecule is C#CCN1CCN(C(=O)c2cccc(S(=O)(=O)N3C[C@@H](C)O[C@@H](C)C3)c2)CC1. The van der Waals surface area contributed by atoms with Gasteiger partial charge in [0.15, 0.2) is 0 Å². The Labute approximate surface area is 167 Å². The third-order valence-electron chi connectivity index (χ3n) is 5.08. The predicted octanol–water partition coefficient (Wildman–Crippen LogP) is 0.876. The lowest BCUT2D eigenvalue weighted by Gasteiger charge is -2.35. The molecule has 7 nitrogen and oxygen atoms in total. The quantitative estimate of drug-likeness (QED) is 0.696. The van der Waals surface area contributed by atoms with E-state index in [1.165, 1.54) is 10.4 Å². The largest absolute Gasteiger partial charge is 0.373 e. The van der Waals surface area contributed by atoms with Crippen LogP contribution in [0.1, 0.15) is 24.2 Å². The van der Waals surface area contributed by atoms with Crippen LogP contribution in [-0.2, 0) is 14.8 Å². The highest BCUT2D eigenvalue weighted by Crippen LogP contribution is 2.22. The highest BCUT2D eigenvalue weighted by atomic mass is 32.2. The van der Waals surface area contributed by atoms with Crippen molar-refractivity contribution in [1.82, 2.24) is 14.1 Å². The number of carbonyl (C=O) groups excluding carboxylic acids is 1. The lowest BCUT2D eigenvalue weighted by molar-refractivity contribution is -0.0440. The van der Waals surface area contributed by atoms with E-state index in [1.54, 1.807) is 23.1 Å². The van der Waals surface area contributed by atoms with Gasteiger partial charge in [-0.1, -0.05) is 12.0 Å². The van der Waals surface area contributed by atoms with E-state index in [9.17, 15) is 13.2 Å². The number of ether oxygens (including phenoxy) is 1. The zero-order valence-corrected chi connectivity index (χ0v) is 17.2. The molecule has 1 amide bonds. The van der Waals surface area contributed by atoms with Crippen LogP contribution in [0.3, 0.4) is 0 Å². The van der Waals surface area contributed by atoms with E-state index < -0.39 is 10.0 Å². The van der Waals surface area contributed by atoms with Crippen LogP contribution in [0, 0.1) is 12.3 Å². The highest BCUT2D eigenvalue weighted by molar-refractivity contribution is 7.89. The normalized spacial score (nSPS) is 24.7. The Morgan fingerprint density at radius 2 is 1.82 bits per heavy atom. The third-order valence-corrected chi connectivity index (χ3v) is 6.91. The first kappa shape index (κ1) is 20.8. The number of morpholine rings is 1. The highest BCUT2D eigenvalue weighted by Gasteiger charge is 2.32. The Balaban J connectivity index is 1.75. The molecule has 0 saturated carbocycles. The molecule has 0 aromatic heterocycles. The smallest absolute Gasteiger partial charge is 0.253 e. The number of nitrogens with zero attached hydrogens (tertiary/aromatic N) is 3. The number of amides is 1. The Bertz CT molecular complexity index is 846. The minimum Gasteiger partial charge on any atom is -0.373 e. The summed E-state index contributed by atoms with van der Waals surface area (Å²) >= 11 is 0. The molecule has 3 rings (SSSR count). The van der Waals surface area contributed by atoms with Crippen LogP contribution in [0.4, 0.5) is 0 Å². The van der Waals surface area contributed by atoms with E-state index in [-0.39, 0.29) is 23.0 Å². The molecule has 2 heterocycles. The van der Waals surface area contributed by atoms with Gasteiger partial charge in [0.1, 0.15) is 0 Å². The second-order valence-electron chi connectivity index (χ2n) is 7.38. The Hall–Kier alpha value is -1.92. The van der Waals surface area contributed by atoms with Crippen molar-refractivity contribution >= 4 is 15.9 Å². The van der Waals surface area contributed by atoms with Crippen LogP contribution in [-0.4, -0.2) is 86.5 Å². The van der Waals surface area contributed by atoms with Gasteiger partial charge in [-0.2, -0.15) is 4.31 Å². The molecule has 1 aromatic rings. The van der Waals surface area contributed by atoms with Gasteiger partial charge < -0.3 is 9.64 Å². The molecule has 2 saturated heterocycles. The Morgan fingerprint density at radius 3 is 2.43 bits per heavy atom. The zero-order chi connectivity index (χ0) is 20.3. The second-order valence-corrected chi connectivity index (χ2v) is 9.32. The van der Waals surface area contributed by atoms with Crippen molar-refractivity contribution in [2.24, 2.45) is 0 Å². The minimum absolute atomic E-state index is 0.144. The molecular weight excluding hydrogens is 378 g/mol. The van der Waals surface area contributed by atoms with Crippen molar-refractivity contribution in [3.63, 3.8) is 0 Å². The Morgan fingerprint density at radius 1 is 1.18 bits per heavy atom. The maximum Gasteiger partial charge on any atom is 0.253 e. The van der Waals surface area contributed by atoms with E-state index in [4.69, 9.17) is 11.2 Å². The summed E-state index contributed by atoms with van der Waals surface area (Å²) in [7, 11) is -3.68. The van der Waals surface area contributed by atoms with Gasteiger partial charge in [-0.25, -0.2) is 8.42 Å². The monoisotopic (exact) mass is 405 g/mol. The molecule has 8 heteroatoms. The van der Waals surface area contributed by atoms with Crippen molar-refractivity contribution in [3.05, 3.63) is 29.8 Å². The molecule has 0 N–H and O–H groups in total. The summed E-state index contributed by atoms with van der Waals surface area (Å²) in [5, 5.41) is 0. The van der Waals surface area contributed by atoms with Crippen LogP contribution in [0.25, 0.3) is 0 Å². The summed E-state index contributed by atoms with van der Waals surface area (Å²) in [6.07, 6.45) is 5.01. The summed E-state index contributed by atoms with van der Waals surface area (Å²) in [6, 6.07) is 6.32. The van der Waals surface area contributed by atoms with E-state index in [2.05, 4.69) is 10.8 Å². The molecule has 0 radical (unpaired) electrons. The maximum atomic E-state index is 13.1. The van der Waals surface area contributed by atoms with Gasteiger partial charge in [0.2, 0.25) is 10.0 Å². The molecule has 28 heavy (non-hydrogen) atoms. The molecule has 0 unspecified atom stereocenters. The maximum absolute atomic E-state index is 13.1. The van der Waals surface area contributed by atoms with Crippen LogP contribution >= 0.6 is 0 Å². The van der Waals surface area contributed by atoms with Gasteiger partial charge in [-0.05, 0) is 32.0 Å². The second kappa shape index (κ2) is 8.62. The molecular formula is C20H27N3O4S. The summed E-state index contributed by atoms with van der Waals surface area (Å²) < 4.78 is 33.2. The zero-order valence-electron chi connectivity index (χ0n) is 16.4. The van der Waals surface area contributed by atoms with Crippen LogP contribution in [0.2, 0.25) is 0 Å². The number of terminal acetylenes is 1. The summed E-state index contributed by atoms with van der Waals surface area (Å²) in [6.45, 7) is 7.51. The molecule has 0 bridgehead atoms. The van der Waals surface area contributed by atoms with Crippen molar-refractivity contribution in [3.8, 4) is 12.3 Å². The topological polar surface area (TPSA) is 70.2 Å². The van der Waals surface area contributed by atoms with Gasteiger partial charge in [-0.3, -0.25) is 9.69 Å². The van der Waals surface area contributed by atoms with Crippen LogP contribution in [0.5, 0.6) is 0 Å². The summed E-state index contributed by atoms with van der Waals surface area (Å²) in [5.74, 6) is 2.47. The lowest BCUT2D eigenvalue weighted by Crippen LogP contribution is -2.49. The lowest BCUT2D eigenvalue weighted by atomic mass is 10.2. The summed E-state index contributed by atoms with van der Waals surface area (Å²) in [4.78, 5) is 16.9. The first-order valence-corrected chi connectivity index (χ1v) is 11.0. The Kier molecular flexibility index (Phi) is 6.40. The van der Waals surface area contributed by atoms with Crippen molar-refractivity contribution < 1.29 is 17.9 Å². The summed E-state index contributed by atoms with van der Waals surface area (Å²) in [5.41, 5.74) is 0.390. The molecule has 1 aromatic carbocycles. The van der Waals surface area contributed by atoms with E-state index in [0.717, 1.165) is 13.1 Å². The fraction of sp³-hybridized carbons (Fsp3) is 0.550. The first-order chi connectivity index (χ1) is 13.3. The van der Waals surface area contributed by atoms with Gasteiger partial charge >= 0.3 is 0 Å². The molecule has 0 aliphatic carbocycles. The number of rotatable bonds is 4. The number of hydrogen-bond acceptors (Lipinski definition) is 5. The molecule has 2 aliphatic heterocycles. The third kappa shape index (κ3) is 4.55. The first-order valence-electron chi connectivity index (χ1n) is 9.52.